The number of rotatable bonds is 5. The molecule has 0 fully saturated rings. The van der Waals surface area contributed by atoms with Gasteiger partial charge in [-0.2, -0.15) is 5.26 Å². The molecule has 6 heteroatoms. The summed E-state index contributed by atoms with van der Waals surface area (Å²) in [5.74, 6) is -0.230. The first-order valence-corrected chi connectivity index (χ1v) is 6.06. The maximum absolute atomic E-state index is 13.9. The fourth-order valence-electron chi connectivity index (χ4n) is 1.76. The topological polar surface area (TPSA) is 66.5 Å². The predicted molar refractivity (Wildman–Crippen MR) is 68.0 cm³/mol. The fraction of sp³-hybridized carbons (Fsp3) is 0.308. The van der Waals surface area contributed by atoms with E-state index in [1.165, 1.54) is 17.1 Å². The molecule has 1 aromatic heterocycles. The van der Waals surface area contributed by atoms with Gasteiger partial charge in [-0.1, -0.05) is 13.0 Å². The maximum Gasteiger partial charge on any atom is 0.252 e. The summed E-state index contributed by atoms with van der Waals surface area (Å²) in [7, 11) is 0. The zero-order chi connectivity index (χ0) is 13.7. The molecule has 0 saturated heterocycles. The van der Waals surface area contributed by atoms with Gasteiger partial charge in [0, 0.05) is 12.1 Å². The second-order valence-electron chi connectivity index (χ2n) is 4.04. The van der Waals surface area contributed by atoms with Gasteiger partial charge in [-0.25, -0.2) is 14.1 Å². The molecule has 0 unspecified atom stereocenters. The van der Waals surface area contributed by atoms with Crippen LogP contribution in [0.5, 0.6) is 0 Å². The minimum absolute atomic E-state index is 0.0664. The van der Waals surface area contributed by atoms with Crippen molar-refractivity contribution in [2.24, 2.45) is 0 Å². The van der Waals surface area contributed by atoms with Crippen LogP contribution in [0.1, 0.15) is 24.7 Å². The highest BCUT2D eigenvalue weighted by molar-refractivity contribution is 5.41. The van der Waals surface area contributed by atoms with E-state index in [-0.39, 0.29) is 11.6 Å². The molecule has 0 aliphatic rings. The van der Waals surface area contributed by atoms with Crippen molar-refractivity contribution < 1.29 is 4.39 Å². The van der Waals surface area contributed by atoms with Crippen LogP contribution in [0.3, 0.4) is 0 Å². The summed E-state index contributed by atoms with van der Waals surface area (Å²) in [6.07, 6.45) is 2.39. The SMILES string of the molecule is CCCNCc1c(F)cccc1-n1cnc(C#N)n1. The summed E-state index contributed by atoms with van der Waals surface area (Å²) >= 11 is 0. The molecule has 0 atom stereocenters. The Morgan fingerprint density at radius 1 is 1.47 bits per heavy atom. The van der Waals surface area contributed by atoms with Crippen molar-refractivity contribution in [3.05, 3.63) is 41.7 Å². The molecule has 98 valence electrons. The highest BCUT2D eigenvalue weighted by atomic mass is 19.1. The van der Waals surface area contributed by atoms with Crippen molar-refractivity contribution in [3.63, 3.8) is 0 Å². The average Bonchev–Trinajstić information content (AvgIpc) is 2.89. The van der Waals surface area contributed by atoms with Crippen LogP contribution in [0, 0.1) is 17.1 Å². The Labute approximate surface area is 110 Å². The summed E-state index contributed by atoms with van der Waals surface area (Å²) in [6.45, 7) is 3.28. The van der Waals surface area contributed by atoms with Crippen LogP contribution in [0.2, 0.25) is 0 Å². The van der Waals surface area contributed by atoms with Gasteiger partial charge in [0.25, 0.3) is 5.82 Å². The summed E-state index contributed by atoms with van der Waals surface area (Å²) < 4.78 is 15.3. The number of halogens is 1. The maximum atomic E-state index is 13.9. The van der Waals surface area contributed by atoms with E-state index in [0.717, 1.165) is 13.0 Å². The van der Waals surface area contributed by atoms with Gasteiger partial charge in [0.05, 0.1) is 5.69 Å². The molecule has 1 N–H and O–H groups in total. The van der Waals surface area contributed by atoms with Crippen molar-refractivity contribution in [2.75, 3.05) is 6.54 Å². The zero-order valence-electron chi connectivity index (χ0n) is 10.6. The molecule has 1 heterocycles. The molecule has 2 rings (SSSR count). The molecule has 0 saturated carbocycles. The van der Waals surface area contributed by atoms with E-state index < -0.39 is 0 Å². The molecule has 0 aliphatic heterocycles. The average molecular weight is 259 g/mol. The number of hydrogen-bond acceptors (Lipinski definition) is 4. The number of benzene rings is 1. The molecule has 2 aromatic rings. The van der Waals surface area contributed by atoms with Gasteiger partial charge in [0.2, 0.25) is 0 Å². The van der Waals surface area contributed by atoms with E-state index in [1.807, 2.05) is 13.0 Å². The summed E-state index contributed by atoms with van der Waals surface area (Å²) in [4.78, 5) is 3.83. The van der Waals surface area contributed by atoms with Gasteiger partial charge in [-0.3, -0.25) is 0 Å². The largest absolute Gasteiger partial charge is 0.312 e. The summed E-state index contributed by atoms with van der Waals surface area (Å²) in [6, 6.07) is 6.63. The van der Waals surface area contributed by atoms with Gasteiger partial charge in [-0.05, 0) is 25.1 Å². The van der Waals surface area contributed by atoms with Crippen LogP contribution in [0.25, 0.3) is 5.69 Å². The lowest BCUT2D eigenvalue weighted by Crippen LogP contribution is -2.17. The van der Waals surface area contributed by atoms with Crippen LogP contribution in [0.15, 0.2) is 24.5 Å². The Bertz CT molecular complexity index is 599. The van der Waals surface area contributed by atoms with Crippen molar-refractivity contribution in [3.8, 4) is 11.8 Å². The van der Waals surface area contributed by atoms with Gasteiger partial charge in [-0.15, -0.1) is 5.10 Å². The molecule has 0 radical (unpaired) electrons. The van der Waals surface area contributed by atoms with E-state index in [1.54, 1.807) is 12.1 Å². The number of nitrogens with zero attached hydrogens (tertiary/aromatic N) is 4. The molecule has 0 bridgehead atoms. The monoisotopic (exact) mass is 259 g/mol. The third-order valence-electron chi connectivity index (χ3n) is 2.66. The van der Waals surface area contributed by atoms with E-state index >= 15 is 0 Å². The van der Waals surface area contributed by atoms with Gasteiger partial charge in [0.15, 0.2) is 0 Å². The standard InChI is InChI=1S/C13H14FN5/c1-2-6-16-8-10-11(14)4-3-5-12(10)19-9-17-13(7-15)18-19/h3-5,9,16H,2,6,8H2,1H3. The van der Waals surface area contributed by atoms with Crippen LogP contribution in [0.4, 0.5) is 4.39 Å². The molecular formula is C13H14FN5. The second-order valence-corrected chi connectivity index (χ2v) is 4.04. The lowest BCUT2D eigenvalue weighted by atomic mass is 10.1. The van der Waals surface area contributed by atoms with Crippen molar-refractivity contribution >= 4 is 0 Å². The van der Waals surface area contributed by atoms with E-state index in [9.17, 15) is 4.39 Å². The number of hydrogen-bond donors (Lipinski definition) is 1. The normalized spacial score (nSPS) is 10.4. The Morgan fingerprint density at radius 3 is 3.00 bits per heavy atom. The van der Waals surface area contributed by atoms with Gasteiger partial charge >= 0.3 is 0 Å². The summed E-state index contributed by atoms with van der Waals surface area (Å²) in [5.41, 5.74) is 1.11. The molecule has 1 aromatic carbocycles. The molecule has 0 amide bonds. The Hall–Kier alpha value is -2.26. The second kappa shape index (κ2) is 6.07. The summed E-state index contributed by atoms with van der Waals surface area (Å²) in [5, 5.41) is 15.9. The molecule has 0 aliphatic carbocycles. The lowest BCUT2D eigenvalue weighted by molar-refractivity contribution is 0.582. The third-order valence-corrected chi connectivity index (χ3v) is 2.66. The molecular weight excluding hydrogens is 245 g/mol. The van der Waals surface area contributed by atoms with Gasteiger partial charge < -0.3 is 5.32 Å². The van der Waals surface area contributed by atoms with Crippen molar-refractivity contribution in [1.82, 2.24) is 20.1 Å². The smallest absolute Gasteiger partial charge is 0.252 e. The minimum Gasteiger partial charge on any atom is -0.312 e. The minimum atomic E-state index is -0.296. The molecule has 19 heavy (non-hydrogen) atoms. The Balaban J connectivity index is 2.34. The van der Waals surface area contributed by atoms with E-state index in [4.69, 9.17) is 5.26 Å². The predicted octanol–water partition coefficient (Wildman–Crippen LogP) is 1.78. The van der Waals surface area contributed by atoms with Crippen LogP contribution >= 0.6 is 0 Å². The van der Waals surface area contributed by atoms with Crippen LogP contribution in [-0.4, -0.2) is 21.3 Å². The number of aromatic nitrogens is 3. The Kier molecular flexibility index (Phi) is 4.21. The van der Waals surface area contributed by atoms with Gasteiger partial charge in [0.1, 0.15) is 18.2 Å². The number of nitrogens with one attached hydrogen (secondary N) is 1. The third kappa shape index (κ3) is 2.95. The molecule has 0 spiro atoms. The first kappa shape index (κ1) is 13.2. The lowest BCUT2D eigenvalue weighted by Gasteiger charge is -2.10. The van der Waals surface area contributed by atoms with E-state index in [0.29, 0.717) is 17.8 Å². The quantitative estimate of drug-likeness (QED) is 0.831. The van der Waals surface area contributed by atoms with E-state index in [2.05, 4.69) is 15.4 Å². The van der Waals surface area contributed by atoms with Crippen LogP contribution < -0.4 is 5.32 Å². The van der Waals surface area contributed by atoms with Crippen molar-refractivity contribution in [2.45, 2.75) is 19.9 Å². The fourth-order valence-corrected chi connectivity index (χ4v) is 1.76. The first-order valence-electron chi connectivity index (χ1n) is 6.06. The highest BCUT2D eigenvalue weighted by Crippen LogP contribution is 2.17. The van der Waals surface area contributed by atoms with Crippen LogP contribution in [-0.2, 0) is 6.54 Å². The molecule has 5 nitrogen and oxygen atoms in total. The zero-order valence-corrected chi connectivity index (χ0v) is 10.6. The number of nitriles is 1. The van der Waals surface area contributed by atoms with Crippen molar-refractivity contribution in [1.29, 1.82) is 5.26 Å². The first-order chi connectivity index (χ1) is 9.26. The highest BCUT2D eigenvalue weighted by Gasteiger charge is 2.11. The Morgan fingerprint density at radius 2 is 2.32 bits per heavy atom.